The lowest BCUT2D eigenvalue weighted by Gasteiger charge is -2.14. The number of benzene rings is 2. The Hall–Kier alpha value is -2.13. The molecule has 0 saturated carbocycles. The van der Waals surface area contributed by atoms with Crippen LogP contribution in [0.3, 0.4) is 0 Å². The zero-order valence-electron chi connectivity index (χ0n) is 10.8. The number of hydrogen-bond acceptors (Lipinski definition) is 2. The van der Waals surface area contributed by atoms with Gasteiger partial charge in [0.15, 0.2) is 0 Å². The summed E-state index contributed by atoms with van der Waals surface area (Å²) in [6.07, 6.45) is 0. The van der Waals surface area contributed by atoms with Crippen molar-refractivity contribution in [3.05, 3.63) is 59.7 Å². The minimum absolute atomic E-state index is 0.104. The third kappa shape index (κ3) is 2.83. The molecule has 0 fully saturated rings. The Morgan fingerprint density at radius 1 is 1.21 bits per heavy atom. The summed E-state index contributed by atoms with van der Waals surface area (Å²) < 4.78 is 0. The van der Waals surface area contributed by atoms with Gasteiger partial charge in [-0.2, -0.15) is 0 Å². The molecule has 0 heterocycles. The fraction of sp³-hybridized carbons (Fsp3) is 0.188. The van der Waals surface area contributed by atoms with E-state index in [1.807, 2.05) is 55.5 Å². The minimum Gasteiger partial charge on any atom is -0.481 e. The van der Waals surface area contributed by atoms with Gasteiger partial charge in [-0.3, -0.25) is 4.79 Å². The Morgan fingerprint density at radius 3 is 2.47 bits per heavy atom. The monoisotopic (exact) mass is 255 g/mol. The van der Waals surface area contributed by atoms with E-state index >= 15 is 0 Å². The molecule has 0 saturated heterocycles. The summed E-state index contributed by atoms with van der Waals surface area (Å²) in [5.74, 6) is -1.53. The van der Waals surface area contributed by atoms with E-state index in [4.69, 9.17) is 5.73 Å². The summed E-state index contributed by atoms with van der Waals surface area (Å²) in [6, 6.07) is 15.7. The minimum atomic E-state index is -0.884. The number of aliphatic carboxylic acids is 1. The molecule has 2 aromatic rings. The van der Waals surface area contributed by atoms with Crippen molar-refractivity contribution in [2.75, 3.05) is 6.54 Å². The molecule has 0 aliphatic carbocycles. The molecule has 1 unspecified atom stereocenters. The first-order chi connectivity index (χ1) is 9.13. The molecule has 3 heteroatoms. The smallest absolute Gasteiger partial charge is 0.312 e. The highest BCUT2D eigenvalue weighted by Crippen LogP contribution is 2.27. The maximum absolute atomic E-state index is 11.2. The number of rotatable bonds is 4. The molecule has 0 aromatic heterocycles. The Morgan fingerprint density at radius 2 is 1.89 bits per heavy atom. The van der Waals surface area contributed by atoms with Crippen LogP contribution in [-0.2, 0) is 4.79 Å². The molecular weight excluding hydrogens is 238 g/mol. The highest BCUT2D eigenvalue weighted by molar-refractivity contribution is 5.78. The van der Waals surface area contributed by atoms with Crippen LogP contribution in [0.5, 0.6) is 0 Å². The van der Waals surface area contributed by atoms with Gasteiger partial charge in [0.2, 0.25) is 0 Å². The van der Waals surface area contributed by atoms with Crippen molar-refractivity contribution in [3.63, 3.8) is 0 Å². The molecular formula is C16H17NO2. The summed E-state index contributed by atoms with van der Waals surface area (Å²) in [7, 11) is 0. The van der Waals surface area contributed by atoms with Crippen molar-refractivity contribution in [3.8, 4) is 11.1 Å². The van der Waals surface area contributed by atoms with Crippen molar-refractivity contribution < 1.29 is 9.90 Å². The Bertz CT molecular complexity index is 579. The standard InChI is InChI=1S/C16H17NO2/c1-11-7-8-13(15(10-17)16(18)19)9-14(11)12-5-3-2-4-6-12/h2-9,15H,10,17H2,1H3,(H,18,19). The molecule has 19 heavy (non-hydrogen) atoms. The normalized spacial score (nSPS) is 12.1. The van der Waals surface area contributed by atoms with Crippen LogP contribution in [0, 0.1) is 6.92 Å². The van der Waals surface area contributed by atoms with Crippen LogP contribution in [0.4, 0.5) is 0 Å². The maximum atomic E-state index is 11.2. The van der Waals surface area contributed by atoms with Crippen LogP contribution in [0.1, 0.15) is 17.0 Å². The topological polar surface area (TPSA) is 63.3 Å². The summed E-state index contributed by atoms with van der Waals surface area (Å²) in [5, 5.41) is 9.18. The predicted octanol–water partition coefficient (Wildman–Crippen LogP) is 2.79. The molecule has 3 N–H and O–H groups in total. The first-order valence-electron chi connectivity index (χ1n) is 6.22. The largest absolute Gasteiger partial charge is 0.481 e. The highest BCUT2D eigenvalue weighted by atomic mass is 16.4. The molecule has 2 rings (SSSR count). The van der Waals surface area contributed by atoms with Crippen LogP contribution >= 0.6 is 0 Å². The number of carboxylic acids is 1. The van der Waals surface area contributed by atoms with E-state index in [-0.39, 0.29) is 6.54 Å². The summed E-state index contributed by atoms with van der Waals surface area (Å²) in [5.41, 5.74) is 9.56. The predicted molar refractivity (Wildman–Crippen MR) is 76.0 cm³/mol. The van der Waals surface area contributed by atoms with Gasteiger partial charge in [-0.15, -0.1) is 0 Å². The summed E-state index contributed by atoms with van der Waals surface area (Å²) >= 11 is 0. The fourth-order valence-electron chi connectivity index (χ4n) is 2.16. The van der Waals surface area contributed by atoms with Crippen LogP contribution in [0.15, 0.2) is 48.5 Å². The molecule has 0 aliphatic heterocycles. The van der Waals surface area contributed by atoms with E-state index in [0.29, 0.717) is 0 Å². The second-order valence-corrected chi connectivity index (χ2v) is 4.57. The Balaban J connectivity index is 2.49. The second kappa shape index (κ2) is 5.67. The number of carbonyl (C=O) groups is 1. The SMILES string of the molecule is Cc1ccc(C(CN)C(=O)O)cc1-c1ccccc1. The van der Waals surface area contributed by atoms with E-state index in [1.54, 1.807) is 0 Å². The first kappa shape index (κ1) is 13.3. The molecule has 98 valence electrons. The lowest BCUT2D eigenvalue weighted by molar-refractivity contribution is -0.138. The Kier molecular flexibility index (Phi) is 3.97. The first-order valence-corrected chi connectivity index (χ1v) is 6.22. The van der Waals surface area contributed by atoms with Gasteiger partial charge in [0, 0.05) is 6.54 Å². The zero-order valence-corrected chi connectivity index (χ0v) is 10.8. The second-order valence-electron chi connectivity index (χ2n) is 4.57. The van der Waals surface area contributed by atoms with Crippen LogP contribution in [0.25, 0.3) is 11.1 Å². The number of aryl methyl sites for hydroxylation is 1. The number of hydrogen-bond donors (Lipinski definition) is 2. The van der Waals surface area contributed by atoms with Crippen LogP contribution in [-0.4, -0.2) is 17.6 Å². The molecule has 0 aliphatic rings. The fourth-order valence-corrected chi connectivity index (χ4v) is 2.16. The number of carboxylic acid groups (broad SMARTS) is 1. The van der Waals surface area contributed by atoms with Crippen molar-refractivity contribution in [2.45, 2.75) is 12.8 Å². The van der Waals surface area contributed by atoms with Crippen molar-refractivity contribution in [2.24, 2.45) is 5.73 Å². The van der Waals surface area contributed by atoms with E-state index in [2.05, 4.69) is 0 Å². The van der Waals surface area contributed by atoms with Gasteiger partial charge >= 0.3 is 5.97 Å². The van der Waals surface area contributed by atoms with Gasteiger partial charge in [0.1, 0.15) is 0 Å². The quantitative estimate of drug-likeness (QED) is 0.883. The van der Waals surface area contributed by atoms with Gasteiger partial charge in [0.05, 0.1) is 5.92 Å². The van der Waals surface area contributed by atoms with Crippen molar-refractivity contribution >= 4 is 5.97 Å². The molecule has 2 aromatic carbocycles. The van der Waals surface area contributed by atoms with Gasteiger partial charge in [0.25, 0.3) is 0 Å². The molecule has 1 atom stereocenters. The van der Waals surface area contributed by atoms with E-state index in [0.717, 1.165) is 22.3 Å². The van der Waals surface area contributed by atoms with Gasteiger partial charge in [-0.25, -0.2) is 0 Å². The van der Waals surface area contributed by atoms with Gasteiger partial charge in [-0.05, 0) is 35.2 Å². The van der Waals surface area contributed by atoms with E-state index in [1.165, 1.54) is 0 Å². The van der Waals surface area contributed by atoms with Gasteiger partial charge < -0.3 is 10.8 Å². The third-order valence-corrected chi connectivity index (χ3v) is 3.28. The summed E-state index contributed by atoms with van der Waals surface area (Å²) in [6.45, 7) is 2.12. The molecule has 0 radical (unpaired) electrons. The van der Waals surface area contributed by atoms with E-state index < -0.39 is 11.9 Å². The zero-order chi connectivity index (χ0) is 13.8. The van der Waals surface area contributed by atoms with Crippen LogP contribution in [0.2, 0.25) is 0 Å². The molecule has 0 spiro atoms. The Labute approximate surface area is 112 Å². The van der Waals surface area contributed by atoms with E-state index in [9.17, 15) is 9.90 Å². The average molecular weight is 255 g/mol. The van der Waals surface area contributed by atoms with Crippen molar-refractivity contribution in [1.82, 2.24) is 0 Å². The molecule has 0 bridgehead atoms. The molecule has 3 nitrogen and oxygen atoms in total. The lowest BCUT2D eigenvalue weighted by Crippen LogP contribution is -2.21. The maximum Gasteiger partial charge on any atom is 0.312 e. The highest BCUT2D eigenvalue weighted by Gasteiger charge is 2.18. The van der Waals surface area contributed by atoms with Crippen LogP contribution < -0.4 is 5.73 Å². The lowest BCUT2D eigenvalue weighted by atomic mass is 9.92. The average Bonchev–Trinajstić information content (AvgIpc) is 2.42. The van der Waals surface area contributed by atoms with Gasteiger partial charge in [-0.1, -0.05) is 42.5 Å². The third-order valence-electron chi connectivity index (χ3n) is 3.28. The number of nitrogens with two attached hydrogens (primary N) is 1. The summed E-state index contributed by atoms with van der Waals surface area (Å²) in [4.78, 5) is 11.2. The molecule has 0 amide bonds. The van der Waals surface area contributed by atoms with Crippen molar-refractivity contribution in [1.29, 1.82) is 0 Å².